The van der Waals surface area contributed by atoms with Crippen LogP contribution in [-0.4, -0.2) is 25.8 Å². The standard InChI is InChI=1S/C16H11N5OS/c22-15(21-16-17-7-3-8-18-16)10-4-1-5-11-13(10)20-14(19-11)12-6-2-9-23-12/h1-9H,(H,19,20)(H,17,18,21,22). The zero-order valence-electron chi connectivity index (χ0n) is 11.9. The van der Waals surface area contributed by atoms with Crippen LogP contribution in [0.2, 0.25) is 0 Å². The number of aromatic amines is 1. The van der Waals surface area contributed by atoms with Crippen molar-refractivity contribution >= 4 is 34.2 Å². The molecule has 1 amide bonds. The molecular formula is C16H11N5OS. The van der Waals surface area contributed by atoms with Gasteiger partial charge >= 0.3 is 0 Å². The Morgan fingerprint density at radius 1 is 1.09 bits per heavy atom. The van der Waals surface area contributed by atoms with Gasteiger partial charge in [-0.25, -0.2) is 15.0 Å². The van der Waals surface area contributed by atoms with Crippen molar-refractivity contribution < 1.29 is 4.79 Å². The van der Waals surface area contributed by atoms with E-state index in [1.807, 2.05) is 29.6 Å². The van der Waals surface area contributed by atoms with Crippen LogP contribution in [-0.2, 0) is 0 Å². The summed E-state index contributed by atoms with van der Waals surface area (Å²) in [5.74, 6) is 0.737. The predicted molar refractivity (Wildman–Crippen MR) is 89.4 cm³/mol. The molecule has 3 heterocycles. The van der Waals surface area contributed by atoms with Crippen LogP contribution in [0.15, 0.2) is 54.2 Å². The summed E-state index contributed by atoms with van der Waals surface area (Å²) in [5, 5.41) is 4.67. The van der Waals surface area contributed by atoms with Crippen molar-refractivity contribution in [3.05, 3.63) is 59.7 Å². The normalized spacial score (nSPS) is 10.8. The monoisotopic (exact) mass is 321 g/mol. The molecule has 0 saturated heterocycles. The second-order valence-electron chi connectivity index (χ2n) is 4.79. The number of rotatable bonds is 3. The van der Waals surface area contributed by atoms with E-state index in [1.54, 1.807) is 35.9 Å². The Labute approximate surface area is 135 Å². The predicted octanol–water partition coefficient (Wildman–Crippen LogP) is 3.33. The molecule has 3 aromatic heterocycles. The molecule has 0 unspecified atom stereocenters. The van der Waals surface area contributed by atoms with Crippen LogP contribution < -0.4 is 5.32 Å². The van der Waals surface area contributed by atoms with Gasteiger partial charge in [-0.1, -0.05) is 12.1 Å². The van der Waals surface area contributed by atoms with Crippen molar-refractivity contribution in [1.82, 2.24) is 19.9 Å². The maximum atomic E-state index is 12.5. The topological polar surface area (TPSA) is 83.6 Å². The van der Waals surface area contributed by atoms with Gasteiger partial charge in [-0.15, -0.1) is 11.3 Å². The highest BCUT2D eigenvalue weighted by Gasteiger charge is 2.15. The Morgan fingerprint density at radius 2 is 1.96 bits per heavy atom. The quantitative estimate of drug-likeness (QED) is 0.606. The molecule has 4 rings (SSSR count). The highest BCUT2D eigenvalue weighted by molar-refractivity contribution is 7.13. The van der Waals surface area contributed by atoms with Crippen molar-refractivity contribution in [3.8, 4) is 10.7 Å². The molecule has 0 aliphatic carbocycles. The zero-order valence-corrected chi connectivity index (χ0v) is 12.7. The second-order valence-corrected chi connectivity index (χ2v) is 5.74. The highest BCUT2D eigenvalue weighted by Crippen LogP contribution is 2.26. The van der Waals surface area contributed by atoms with Gasteiger partial charge in [-0.2, -0.15) is 0 Å². The number of aromatic nitrogens is 4. The number of carbonyl (C=O) groups is 1. The molecule has 0 aliphatic heterocycles. The lowest BCUT2D eigenvalue weighted by molar-refractivity contribution is 0.102. The maximum absolute atomic E-state index is 12.5. The van der Waals surface area contributed by atoms with Gasteiger partial charge in [-0.05, 0) is 29.6 Å². The first kappa shape index (κ1) is 13.6. The van der Waals surface area contributed by atoms with Crippen LogP contribution >= 0.6 is 11.3 Å². The molecule has 0 radical (unpaired) electrons. The van der Waals surface area contributed by atoms with E-state index in [0.29, 0.717) is 11.1 Å². The average molecular weight is 321 g/mol. The first-order valence-electron chi connectivity index (χ1n) is 6.92. The minimum absolute atomic E-state index is 0.267. The summed E-state index contributed by atoms with van der Waals surface area (Å²) in [6.45, 7) is 0. The largest absolute Gasteiger partial charge is 0.337 e. The number of hydrogen-bond acceptors (Lipinski definition) is 5. The number of hydrogen-bond donors (Lipinski definition) is 2. The molecule has 1 aromatic carbocycles. The number of carbonyl (C=O) groups excluding carboxylic acids is 1. The van der Waals surface area contributed by atoms with Crippen LogP contribution in [0.3, 0.4) is 0 Å². The van der Waals surface area contributed by atoms with Gasteiger partial charge in [0.2, 0.25) is 5.95 Å². The molecule has 0 fully saturated rings. The van der Waals surface area contributed by atoms with Crippen molar-refractivity contribution in [1.29, 1.82) is 0 Å². The Hall–Kier alpha value is -3.06. The van der Waals surface area contributed by atoms with Crippen LogP contribution in [0.1, 0.15) is 10.4 Å². The van der Waals surface area contributed by atoms with Crippen LogP contribution in [0.25, 0.3) is 21.7 Å². The number of H-pyrrole nitrogens is 1. The van der Waals surface area contributed by atoms with Crippen molar-refractivity contribution in [2.75, 3.05) is 5.32 Å². The summed E-state index contributed by atoms with van der Waals surface area (Å²) in [4.78, 5) is 29.3. The molecule has 0 bridgehead atoms. The molecule has 7 heteroatoms. The van der Waals surface area contributed by atoms with Gasteiger partial charge in [-0.3, -0.25) is 10.1 Å². The fourth-order valence-corrected chi connectivity index (χ4v) is 2.95. The summed E-state index contributed by atoms with van der Waals surface area (Å²) < 4.78 is 0. The van der Waals surface area contributed by atoms with Crippen molar-refractivity contribution in [2.24, 2.45) is 0 Å². The van der Waals surface area contributed by atoms with Crippen LogP contribution in [0, 0.1) is 0 Å². The number of para-hydroxylation sites is 1. The lowest BCUT2D eigenvalue weighted by atomic mass is 10.2. The minimum atomic E-state index is -0.286. The number of fused-ring (bicyclic) bond motifs is 1. The lowest BCUT2D eigenvalue weighted by Gasteiger charge is -2.03. The Morgan fingerprint density at radius 3 is 2.74 bits per heavy atom. The number of amides is 1. The Bertz CT molecular complexity index is 963. The second kappa shape index (κ2) is 5.62. The molecule has 0 aliphatic rings. The van der Waals surface area contributed by atoms with Gasteiger partial charge in [0.15, 0.2) is 0 Å². The summed E-state index contributed by atoms with van der Waals surface area (Å²) in [6, 6.07) is 11.1. The van der Waals surface area contributed by atoms with Crippen LogP contribution in [0.5, 0.6) is 0 Å². The van der Waals surface area contributed by atoms with E-state index in [-0.39, 0.29) is 11.9 Å². The summed E-state index contributed by atoms with van der Waals surface area (Å²) in [5.41, 5.74) is 1.92. The average Bonchev–Trinajstić information content (AvgIpc) is 3.24. The molecule has 23 heavy (non-hydrogen) atoms. The van der Waals surface area contributed by atoms with E-state index in [9.17, 15) is 4.79 Å². The van der Waals surface area contributed by atoms with E-state index >= 15 is 0 Å². The third-order valence-corrected chi connectivity index (χ3v) is 4.18. The SMILES string of the molecule is O=C(Nc1ncccn1)c1cccc2[nH]c(-c3cccs3)nc12. The molecule has 0 atom stereocenters. The van der Waals surface area contributed by atoms with Gasteiger partial charge < -0.3 is 4.98 Å². The number of thiophene rings is 1. The maximum Gasteiger partial charge on any atom is 0.260 e. The smallest absolute Gasteiger partial charge is 0.260 e. The molecule has 0 spiro atoms. The fourth-order valence-electron chi connectivity index (χ4n) is 2.28. The summed E-state index contributed by atoms with van der Waals surface area (Å²) in [6.07, 6.45) is 3.15. The van der Waals surface area contributed by atoms with Crippen LogP contribution in [0.4, 0.5) is 5.95 Å². The number of anilines is 1. The van der Waals surface area contributed by atoms with Crippen molar-refractivity contribution in [2.45, 2.75) is 0 Å². The molecule has 4 aromatic rings. The van der Waals surface area contributed by atoms with E-state index < -0.39 is 0 Å². The van der Waals surface area contributed by atoms with Crippen molar-refractivity contribution in [3.63, 3.8) is 0 Å². The summed E-state index contributed by atoms with van der Waals surface area (Å²) in [7, 11) is 0. The van der Waals surface area contributed by atoms with E-state index in [2.05, 4.69) is 25.3 Å². The third-order valence-electron chi connectivity index (χ3n) is 3.30. The van der Waals surface area contributed by atoms with Gasteiger partial charge in [0, 0.05) is 12.4 Å². The molecule has 6 nitrogen and oxygen atoms in total. The highest BCUT2D eigenvalue weighted by atomic mass is 32.1. The Kier molecular flexibility index (Phi) is 3.32. The first-order valence-corrected chi connectivity index (χ1v) is 7.80. The first-order chi connectivity index (χ1) is 11.3. The third kappa shape index (κ3) is 2.58. The zero-order chi connectivity index (χ0) is 15.6. The lowest BCUT2D eigenvalue weighted by Crippen LogP contribution is -2.14. The van der Waals surface area contributed by atoms with E-state index in [4.69, 9.17) is 0 Å². The number of benzene rings is 1. The number of imidazole rings is 1. The fraction of sp³-hybridized carbons (Fsp3) is 0. The van der Waals surface area contributed by atoms with Gasteiger partial charge in [0.1, 0.15) is 11.3 Å². The van der Waals surface area contributed by atoms with E-state index in [0.717, 1.165) is 16.2 Å². The molecule has 2 N–H and O–H groups in total. The molecule has 0 saturated carbocycles. The number of nitrogens with one attached hydrogen (secondary N) is 2. The number of nitrogens with zero attached hydrogens (tertiary/aromatic N) is 3. The summed E-state index contributed by atoms with van der Waals surface area (Å²) >= 11 is 1.59. The minimum Gasteiger partial charge on any atom is -0.337 e. The van der Waals surface area contributed by atoms with E-state index in [1.165, 1.54) is 0 Å². The van der Waals surface area contributed by atoms with Gasteiger partial charge in [0.05, 0.1) is 16.0 Å². The Balaban J connectivity index is 1.73. The molecular weight excluding hydrogens is 310 g/mol. The van der Waals surface area contributed by atoms with Gasteiger partial charge in [0.25, 0.3) is 5.91 Å². The molecule has 112 valence electrons.